The minimum absolute atomic E-state index is 0.136. The zero-order chi connectivity index (χ0) is 15.5. The second-order valence-electron chi connectivity index (χ2n) is 4.55. The van der Waals surface area contributed by atoms with E-state index in [1.54, 1.807) is 19.1 Å². The van der Waals surface area contributed by atoms with Crippen LogP contribution >= 0.6 is 15.9 Å². The molecule has 2 aromatic rings. The number of rotatable bonds is 4. The Morgan fingerprint density at radius 2 is 2.00 bits per heavy atom. The summed E-state index contributed by atoms with van der Waals surface area (Å²) < 4.78 is 28.1. The Morgan fingerprint density at radius 1 is 1.24 bits per heavy atom. The Kier molecular flexibility index (Phi) is 4.78. The number of aryl methyl sites for hydroxylation is 1. The van der Waals surface area contributed by atoms with Gasteiger partial charge in [-0.05, 0) is 42.3 Å². The van der Waals surface area contributed by atoms with Crippen LogP contribution < -0.4 is 4.72 Å². The zero-order valence-electron chi connectivity index (χ0n) is 11.3. The number of nitriles is 1. The highest BCUT2D eigenvalue weighted by molar-refractivity contribution is 9.10. The van der Waals surface area contributed by atoms with Gasteiger partial charge in [-0.2, -0.15) is 5.26 Å². The van der Waals surface area contributed by atoms with Gasteiger partial charge in [0, 0.05) is 11.0 Å². The van der Waals surface area contributed by atoms with Crippen molar-refractivity contribution in [3.05, 3.63) is 63.6 Å². The lowest BCUT2D eigenvalue weighted by molar-refractivity contribution is 0.580. The zero-order valence-corrected chi connectivity index (χ0v) is 13.7. The molecule has 0 saturated carbocycles. The molecule has 0 amide bonds. The van der Waals surface area contributed by atoms with Crippen LogP contribution in [0.1, 0.15) is 16.7 Å². The lowest BCUT2D eigenvalue weighted by atomic mass is 10.2. The van der Waals surface area contributed by atoms with Gasteiger partial charge in [0.2, 0.25) is 10.0 Å². The average molecular weight is 365 g/mol. The van der Waals surface area contributed by atoms with Crippen LogP contribution in [0.5, 0.6) is 0 Å². The number of benzene rings is 2. The standard InChI is InChI=1S/C15H13BrN2O2S/c1-11-5-6-12(9-17)8-15(11)21(19,20)18-10-13-3-2-4-14(16)7-13/h2-8,18H,10H2,1H3. The van der Waals surface area contributed by atoms with Crippen LogP contribution in [0, 0.1) is 18.3 Å². The van der Waals surface area contributed by atoms with Crippen LogP contribution in [0.3, 0.4) is 0 Å². The Morgan fingerprint density at radius 3 is 2.67 bits per heavy atom. The van der Waals surface area contributed by atoms with Gasteiger partial charge in [0.25, 0.3) is 0 Å². The van der Waals surface area contributed by atoms with Gasteiger partial charge in [0.05, 0.1) is 16.5 Å². The third-order valence-electron chi connectivity index (χ3n) is 2.96. The van der Waals surface area contributed by atoms with Crippen LogP contribution in [0.2, 0.25) is 0 Å². The van der Waals surface area contributed by atoms with Crippen molar-refractivity contribution >= 4 is 26.0 Å². The quantitative estimate of drug-likeness (QED) is 0.905. The molecule has 0 aliphatic heterocycles. The van der Waals surface area contributed by atoms with Crippen molar-refractivity contribution < 1.29 is 8.42 Å². The van der Waals surface area contributed by atoms with E-state index in [9.17, 15) is 8.42 Å². The summed E-state index contributed by atoms with van der Waals surface area (Å²) in [7, 11) is -3.65. The summed E-state index contributed by atoms with van der Waals surface area (Å²) in [4.78, 5) is 0.136. The SMILES string of the molecule is Cc1ccc(C#N)cc1S(=O)(=O)NCc1cccc(Br)c1. The molecular weight excluding hydrogens is 352 g/mol. The highest BCUT2D eigenvalue weighted by Crippen LogP contribution is 2.18. The minimum atomic E-state index is -3.65. The van der Waals surface area contributed by atoms with Crippen molar-refractivity contribution in [3.63, 3.8) is 0 Å². The second-order valence-corrected chi connectivity index (χ2v) is 7.20. The van der Waals surface area contributed by atoms with E-state index >= 15 is 0 Å². The fourth-order valence-electron chi connectivity index (χ4n) is 1.86. The van der Waals surface area contributed by atoms with E-state index in [4.69, 9.17) is 5.26 Å². The van der Waals surface area contributed by atoms with Gasteiger partial charge in [0.15, 0.2) is 0 Å². The van der Waals surface area contributed by atoms with E-state index in [0.717, 1.165) is 10.0 Å². The van der Waals surface area contributed by atoms with Gasteiger partial charge in [0.1, 0.15) is 0 Å². The number of sulfonamides is 1. The number of nitrogens with zero attached hydrogens (tertiary/aromatic N) is 1. The topological polar surface area (TPSA) is 70.0 Å². The molecule has 0 aliphatic rings. The maximum Gasteiger partial charge on any atom is 0.241 e. The van der Waals surface area contributed by atoms with Crippen LogP contribution in [-0.2, 0) is 16.6 Å². The molecule has 0 bridgehead atoms. The Balaban J connectivity index is 2.25. The maximum atomic E-state index is 12.3. The lowest BCUT2D eigenvalue weighted by Gasteiger charge is -2.10. The summed E-state index contributed by atoms with van der Waals surface area (Å²) in [5.74, 6) is 0. The lowest BCUT2D eigenvalue weighted by Crippen LogP contribution is -2.24. The van der Waals surface area contributed by atoms with Gasteiger partial charge in [-0.3, -0.25) is 0 Å². The molecule has 0 aliphatic carbocycles. The third kappa shape index (κ3) is 3.91. The first-order chi connectivity index (χ1) is 9.92. The molecule has 0 saturated heterocycles. The largest absolute Gasteiger partial charge is 0.241 e. The van der Waals surface area contributed by atoms with Gasteiger partial charge in [-0.15, -0.1) is 0 Å². The summed E-state index contributed by atoms with van der Waals surface area (Å²) in [6.07, 6.45) is 0. The molecule has 4 nitrogen and oxygen atoms in total. The average Bonchev–Trinajstić information content (AvgIpc) is 2.46. The van der Waals surface area contributed by atoms with E-state index in [1.807, 2.05) is 30.3 Å². The molecule has 108 valence electrons. The fourth-order valence-corrected chi connectivity index (χ4v) is 3.60. The summed E-state index contributed by atoms with van der Waals surface area (Å²) in [6.45, 7) is 1.90. The van der Waals surface area contributed by atoms with E-state index in [0.29, 0.717) is 11.1 Å². The number of halogens is 1. The molecule has 0 aromatic heterocycles. The molecule has 6 heteroatoms. The highest BCUT2D eigenvalue weighted by atomic mass is 79.9. The molecule has 1 N–H and O–H groups in total. The summed E-state index contributed by atoms with van der Waals surface area (Å²) in [6, 6.07) is 14.0. The fraction of sp³-hybridized carbons (Fsp3) is 0.133. The van der Waals surface area contributed by atoms with E-state index in [1.165, 1.54) is 6.07 Å². The van der Waals surface area contributed by atoms with E-state index in [-0.39, 0.29) is 11.4 Å². The molecule has 0 fully saturated rings. The summed E-state index contributed by atoms with van der Waals surface area (Å²) in [5, 5.41) is 8.89. The van der Waals surface area contributed by atoms with Crippen molar-refractivity contribution in [1.29, 1.82) is 5.26 Å². The van der Waals surface area contributed by atoms with Gasteiger partial charge in [-0.1, -0.05) is 34.1 Å². The van der Waals surface area contributed by atoms with Gasteiger partial charge < -0.3 is 0 Å². The molecule has 2 rings (SSSR count). The van der Waals surface area contributed by atoms with Crippen molar-refractivity contribution in [3.8, 4) is 6.07 Å². The Labute approximate surface area is 132 Å². The predicted molar refractivity (Wildman–Crippen MR) is 84.1 cm³/mol. The monoisotopic (exact) mass is 364 g/mol. The molecule has 0 heterocycles. The number of hydrogen-bond donors (Lipinski definition) is 1. The summed E-state index contributed by atoms with van der Waals surface area (Å²) >= 11 is 3.34. The maximum absolute atomic E-state index is 12.3. The molecule has 0 atom stereocenters. The molecule has 2 aromatic carbocycles. The Hall–Kier alpha value is -1.68. The van der Waals surface area contributed by atoms with Crippen molar-refractivity contribution in [2.75, 3.05) is 0 Å². The summed E-state index contributed by atoms with van der Waals surface area (Å²) in [5.41, 5.74) is 1.78. The minimum Gasteiger partial charge on any atom is -0.207 e. The van der Waals surface area contributed by atoms with Crippen LogP contribution in [-0.4, -0.2) is 8.42 Å². The second kappa shape index (κ2) is 6.39. The van der Waals surface area contributed by atoms with Crippen molar-refractivity contribution in [2.45, 2.75) is 18.4 Å². The van der Waals surface area contributed by atoms with Gasteiger partial charge >= 0.3 is 0 Å². The first-order valence-corrected chi connectivity index (χ1v) is 8.45. The highest BCUT2D eigenvalue weighted by Gasteiger charge is 2.17. The van der Waals surface area contributed by atoms with Crippen LogP contribution in [0.15, 0.2) is 51.8 Å². The van der Waals surface area contributed by atoms with E-state index < -0.39 is 10.0 Å². The number of nitrogens with one attached hydrogen (secondary N) is 1. The van der Waals surface area contributed by atoms with E-state index in [2.05, 4.69) is 20.7 Å². The van der Waals surface area contributed by atoms with Crippen LogP contribution in [0.4, 0.5) is 0 Å². The first kappa shape index (κ1) is 15.7. The third-order valence-corrected chi connectivity index (χ3v) is 5.00. The molecule has 21 heavy (non-hydrogen) atoms. The molecule has 0 unspecified atom stereocenters. The Bertz CT molecular complexity index is 811. The first-order valence-electron chi connectivity index (χ1n) is 6.17. The predicted octanol–water partition coefficient (Wildman–Crippen LogP) is 3.11. The van der Waals surface area contributed by atoms with Crippen LogP contribution in [0.25, 0.3) is 0 Å². The smallest absolute Gasteiger partial charge is 0.207 e. The van der Waals surface area contributed by atoms with Crippen molar-refractivity contribution in [1.82, 2.24) is 4.72 Å². The van der Waals surface area contributed by atoms with Crippen molar-refractivity contribution in [2.24, 2.45) is 0 Å². The molecule has 0 radical (unpaired) electrons. The van der Waals surface area contributed by atoms with Gasteiger partial charge in [-0.25, -0.2) is 13.1 Å². The number of hydrogen-bond acceptors (Lipinski definition) is 3. The normalized spacial score (nSPS) is 11.1. The molecular formula is C15H13BrN2O2S. The molecule has 0 spiro atoms.